The maximum absolute atomic E-state index is 12.7. The van der Waals surface area contributed by atoms with Crippen LogP contribution in [0.1, 0.15) is 30.1 Å². The number of carbonyl (C=O) groups is 2. The molecule has 0 saturated carbocycles. The first-order chi connectivity index (χ1) is 12.4. The van der Waals surface area contributed by atoms with Gasteiger partial charge in [-0.25, -0.2) is 0 Å². The second-order valence-corrected chi connectivity index (χ2v) is 6.55. The Kier molecular flexibility index (Phi) is 9.45. The molecule has 1 aromatic carbocycles. The first-order valence-corrected chi connectivity index (χ1v) is 8.73. The van der Waals surface area contributed by atoms with Crippen molar-refractivity contribution in [3.8, 4) is 5.75 Å². The largest absolute Gasteiger partial charge is 0.434 e. The number of nitrogens with two attached hydrogens (primary N) is 1. The summed E-state index contributed by atoms with van der Waals surface area (Å²) in [5.74, 6) is -0.815. The van der Waals surface area contributed by atoms with Crippen molar-refractivity contribution in [3.05, 3.63) is 29.8 Å². The standard InChI is InChI=1S/C18H25F2N3O3.ClH/c1-12(9-21)10-22-16(24)13-5-4-8-23(11-13)17(25)14-6-2-3-7-15(14)26-18(19)20;/h2-3,6-7,12-13,18H,4-5,8-11,21H2,1H3,(H,22,24);1H. The molecule has 2 amide bonds. The van der Waals surface area contributed by atoms with Gasteiger partial charge in [-0.15, -0.1) is 12.4 Å². The van der Waals surface area contributed by atoms with Gasteiger partial charge in [0.05, 0.1) is 11.5 Å². The number of nitrogens with zero attached hydrogens (tertiary/aromatic N) is 1. The second kappa shape index (κ2) is 11.0. The molecule has 1 aromatic rings. The molecule has 9 heteroatoms. The molecule has 152 valence electrons. The van der Waals surface area contributed by atoms with Crippen LogP contribution in [0, 0.1) is 11.8 Å². The van der Waals surface area contributed by atoms with Crippen molar-refractivity contribution in [2.75, 3.05) is 26.2 Å². The van der Waals surface area contributed by atoms with Crippen LogP contribution >= 0.6 is 12.4 Å². The molecule has 1 heterocycles. The summed E-state index contributed by atoms with van der Waals surface area (Å²) in [7, 11) is 0. The van der Waals surface area contributed by atoms with Crippen LogP contribution in [0.2, 0.25) is 0 Å². The number of hydrogen-bond acceptors (Lipinski definition) is 4. The molecule has 0 aliphatic carbocycles. The molecule has 1 aliphatic rings. The highest BCUT2D eigenvalue weighted by Crippen LogP contribution is 2.25. The molecular formula is C18H26ClF2N3O3. The topological polar surface area (TPSA) is 84.7 Å². The zero-order valence-electron chi connectivity index (χ0n) is 15.2. The summed E-state index contributed by atoms with van der Waals surface area (Å²) in [5, 5.41) is 2.86. The number of nitrogens with one attached hydrogen (secondary N) is 1. The molecule has 0 radical (unpaired) electrons. The average Bonchev–Trinajstić information content (AvgIpc) is 2.65. The van der Waals surface area contributed by atoms with E-state index in [-0.39, 0.29) is 48.0 Å². The Hall–Kier alpha value is -1.93. The van der Waals surface area contributed by atoms with Crippen LogP contribution in [0.5, 0.6) is 5.75 Å². The van der Waals surface area contributed by atoms with Crippen LogP contribution in [-0.4, -0.2) is 49.5 Å². The Morgan fingerprint density at radius 2 is 2.07 bits per heavy atom. The third kappa shape index (κ3) is 6.62. The Morgan fingerprint density at radius 1 is 1.37 bits per heavy atom. The molecule has 1 aliphatic heterocycles. The summed E-state index contributed by atoms with van der Waals surface area (Å²) < 4.78 is 29.5. The number of hydrogen-bond donors (Lipinski definition) is 2. The van der Waals surface area contributed by atoms with E-state index < -0.39 is 12.5 Å². The normalized spacial score (nSPS) is 17.8. The Balaban J connectivity index is 0.00000364. The van der Waals surface area contributed by atoms with Gasteiger partial charge in [0, 0.05) is 19.6 Å². The van der Waals surface area contributed by atoms with Gasteiger partial charge in [-0.2, -0.15) is 8.78 Å². The van der Waals surface area contributed by atoms with E-state index in [1.807, 2.05) is 6.92 Å². The monoisotopic (exact) mass is 405 g/mol. The van der Waals surface area contributed by atoms with Gasteiger partial charge in [-0.3, -0.25) is 9.59 Å². The Labute approximate surface area is 163 Å². The van der Waals surface area contributed by atoms with Crippen LogP contribution < -0.4 is 15.8 Å². The predicted molar refractivity (Wildman–Crippen MR) is 100 cm³/mol. The van der Waals surface area contributed by atoms with Gasteiger partial charge in [-0.05, 0) is 37.4 Å². The number of carbonyl (C=O) groups excluding carboxylic acids is 2. The number of likely N-dealkylation sites (tertiary alicyclic amines) is 1. The minimum absolute atomic E-state index is 0. The van der Waals surface area contributed by atoms with Gasteiger partial charge in [0.15, 0.2) is 0 Å². The van der Waals surface area contributed by atoms with E-state index in [0.717, 1.165) is 0 Å². The van der Waals surface area contributed by atoms with E-state index in [1.165, 1.54) is 23.1 Å². The molecule has 3 N–H and O–H groups in total. The van der Waals surface area contributed by atoms with Crippen LogP contribution in [0.3, 0.4) is 0 Å². The number of alkyl halides is 2. The average molecular weight is 406 g/mol. The number of benzene rings is 1. The summed E-state index contributed by atoms with van der Waals surface area (Å²) in [6, 6.07) is 5.90. The van der Waals surface area contributed by atoms with E-state index in [0.29, 0.717) is 32.5 Å². The van der Waals surface area contributed by atoms with Gasteiger partial charge >= 0.3 is 6.61 Å². The summed E-state index contributed by atoms with van der Waals surface area (Å²) >= 11 is 0. The molecule has 1 fully saturated rings. The molecule has 6 nitrogen and oxygen atoms in total. The van der Waals surface area contributed by atoms with Crippen molar-refractivity contribution >= 4 is 24.2 Å². The Bertz CT molecular complexity index is 634. The number of para-hydroxylation sites is 1. The van der Waals surface area contributed by atoms with Gasteiger partial charge in [0.2, 0.25) is 5.91 Å². The summed E-state index contributed by atoms with van der Waals surface area (Å²) in [4.78, 5) is 26.6. The second-order valence-electron chi connectivity index (χ2n) is 6.55. The third-order valence-corrected chi connectivity index (χ3v) is 4.44. The number of piperidine rings is 1. The SMILES string of the molecule is CC(CN)CNC(=O)C1CCCN(C(=O)c2ccccc2OC(F)F)C1.Cl. The van der Waals surface area contributed by atoms with Crippen molar-refractivity contribution in [1.29, 1.82) is 0 Å². The summed E-state index contributed by atoms with van der Waals surface area (Å²) in [5.41, 5.74) is 5.62. The zero-order chi connectivity index (χ0) is 19.1. The molecule has 2 atom stereocenters. The quantitative estimate of drug-likeness (QED) is 0.728. The third-order valence-electron chi connectivity index (χ3n) is 4.44. The number of ether oxygens (including phenoxy) is 1. The number of amides is 2. The maximum Gasteiger partial charge on any atom is 0.387 e. The lowest BCUT2D eigenvalue weighted by Gasteiger charge is -2.32. The van der Waals surface area contributed by atoms with Gasteiger partial charge < -0.3 is 20.7 Å². The highest BCUT2D eigenvalue weighted by atomic mass is 35.5. The van der Waals surface area contributed by atoms with Gasteiger partial charge in [-0.1, -0.05) is 19.1 Å². The smallest absolute Gasteiger partial charge is 0.387 e. The van der Waals surface area contributed by atoms with Crippen molar-refractivity contribution < 1.29 is 23.1 Å². The van der Waals surface area contributed by atoms with Crippen LogP contribution in [0.25, 0.3) is 0 Å². The molecule has 27 heavy (non-hydrogen) atoms. The minimum atomic E-state index is -3.01. The highest BCUT2D eigenvalue weighted by Gasteiger charge is 2.30. The fraction of sp³-hybridized carbons (Fsp3) is 0.556. The Morgan fingerprint density at radius 3 is 2.74 bits per heavy atom. The highest BCUT2D eigenvalue weighted by molar-refractivity contribution is 5.97. The lowest BCUT2D eigenvalue weighted by molar-refractivity contribution is -0.126. The van der Waals surface area contributed by atoms with Crippen LogP contribution in [0.15, 0.2) is 24.3 Å². The van der Waals surface area contributed by atoms with Crippen molar-refractivity contribution in [2.24, 2.45) is 17.6 Å². The molecule has 0 spiro atoms. The van der Waals surface area contributed by atoms with E-state index in [4.69, 9.17) is 5.73 Å². The first kappa shape index (κ1) is 23.1. The summed E-state index contributed by atoms with van der Waals surface area (Å²) in [6.45, 7) is 0.640. The molecule has 0 bridgehead atoms. The van der Waals surface area contributed by atoms with Gasteiger partial charge in [0.25, 0.3) is 5.91 Å². The van der Waals surface area contributed by atoms with E-state index in [9.17, 15) is 18.4 Å². The van der Waals surface area contributed by atoms with E-state index in [2.05, 4.69) is 10.1 Å². The molecule has 2 unspecified atom stereocenters. The maximum atomic E-state index is 12.7. The number of halogens is 3. The predicted octanol–water partition coefficient (Wildman–Crippen LogP) is 2.27. The molecule has 0 aromatic heterocycles. The summed E-state index contributed by atoms with van der Waals surface area (Å²) in [6.07, 6.45) is 1.36. The van der Waals surface area contributed by atoms with E-state index >= 15 is 0 Å². The van der Waals surface area contributed by atoms with Crippen LogP contribution in [0.4, 0.5) is 8.78 Å². The zero-order valence-corrected chi connectivity index (χ0v) is 16.0. The fourth-order valence-corrected chi connectivity index (χ4v) is 2.89. The number of rotatable bonds is 7. The fourth-order valence-electron chi connectivity index (χ4n) is 2.89. The van der Waals surface area contributed by atoms with E-state index in [1.54, 1.807) is 6.07 Å². The molecule has 2 rings (SSSR count). The van der Waals surface area contributed by atoms with Gasteiger partial charge in [0.1, 0.15) is 5.75 Å². The van der Waals surface area contributed by atoms with Crippen molar-refractivity contribution in [3.63, 3.8) is 0 Å². The van der Waals surface area contributed by atoms with Crippen LogP contribution in [-0.2, 0) is 4.79 Å². The lowest BCUT2D eigenvalue weighted by Crippen LogP contribution is -2.46. The first-order valence-electron chi connectivity index (χ1n) is 8.73. The molecular weight excluding hydrogens is 380 g/mol. The van der Waals surface area contributed by atoms with Crippen molar-refractivity contribution in [1.82, 2.24) is 10.2 Å². The molecule has 1 saturated heterocycles. The lowest BCUT2D eigenvalue weighted by atomic mass is 9.96. The minimum Gasteiger partial charge on any atom is -0.434 e. The van der Waals surface area contributed by atoms with Crippen molar-refractivity contribution in [2.45, 2.75) is 26.4 Å².